The van der Waals surface area contributed by atoms with Crippen LogP contribution in [0.15, 0.2) is 65.3 Å². The van der Waals surface area contributed by atoms with Gasteiger partial charge >= 0.3 is 0 Å². The Kier molecular flexibility index (Phi) is 7.74. The third-order valence-corrected chi connectivity index (χ3v) is 10.2. The average Bonchev–Trinajstić information content (AvgIpc) is 3.43. The fraction of sp³-hybridized carbons (Fsp3) is 0.367. The van der Waals surface area contributed by atoms with E-state index in [1.165, 1.54) is 6.07 Å². The molecule has 0 saturated carbocycles. The molecule has 1 aliphatic heterocycles. The normalized spacial score (nSPS) is 20.8. The first-order chi connectivity index (χ1) is 18.3. The van der Waals surface area contributed by atoms with Crippen LogP contribution in [0.2, 0.25) is 0 Å². The number of nitrogens with zero attached hydrogens (tertiary/aromatic N) is 1. The van der Waals surface area contributed by atoms with Gasteiger partial charge in [-0.15, -0.1) is 16.1 Å². The Morgan fingerprint density at radius 2 is 1.87 bits per heavy atom. The third-order valence-electron chi connectivity index (χ3n) is 6.73. The molecule has 1 N–H and O–H groups in total. The number of hydrogen-bond acceptors (Lipinski definition) is 6. The van der Waals surface area contributed by atoms with Crippen LogP contribution < -0.4 is 4.72 Å². The highest BCUT2D eigenvalue weighted by atomic mass is 79.9. The highest BCUT2D eigenvalue weighted by Crippen LogP contribution is 2.43. The minimum absolute atomic E-state index is 0.366. The third kappa shape index (κ3) is 5.81. The van der Waals surface area contributed by atoms with E-state index in [4.69, 9.17) is 14.5 Å². The van der Waals surface area contributed by atoms with Gasteiger partial charge in [-0.1, -0.05) is 40.2 Å². The molecule has 5 rings (SSSR count). The van der Waals surface area contributed by atoms with Crippen molar-refractivity contribution in [1.29, 1.82) is 0 Å². The molecular weight excluding hydrogens is 599 g/mol. The first-order valence-electron chi connectivity index (χ1n) is 12.7. The van der Waals surface area contributed by atoms with E-state index < -0.39 is 33.5 Å². The number of halogens is 2. The fourth-order valence-electron chi connectivity index (χ4n) is 4.72. The Labute approximate surface area is 244 Å². The summed E-state index contributed by atoms with van der Waals surface area (Å²) < 4.78 is 44.9. The van der Waals surface area contributed by atoms with Crippen molar-refractivity contribution in [3.63, 3.8) is 0 Å². The van der Waals surface area contributed by atoms with E-state index >= 15 is 4.39 Å². The summed E-state index contributed by atoms with van der Waals surface area (Å²) in [6.07, 6.45) is 1.80. The summed E-state index contributed by atoms with van der Waals surface area (Å²) in [5.41, 5.74) is 2.62. The predicted molar refractivity (Wildman–Crippen MR) is 160 cm³/mol. The second kappa shape index (κ2) is 10.5. The molecule has 3 atom stereocenters. The number of pyridine rings is 1. The van der Waals surface area contributed by atoms with Crippen LogP contribution in [0, 0.1) is 5.82 Å². The molecule has 5 nitrogen and oxygen atoms in total. The van der Waals surface area contributed by atoms with Gasteiger partial charge in [0.2, 0.25) is 0 Å². The molecule has 39 heavy (non-hydrogen) atoms. The number of ether oxygens (including phenoxy) is 2. The van der Waals surface area contributed by atoms with Crippen molar-refractivity contribution in [2.75, 3.05) is 6.61 Å². The van der Waals surface area contributed by atoms with Gasteiger partial charge in [0.15, 0.2) is 5.79 Å². The van der Waals surface area contributed by atoms with Crippen molar-refractivity contribution >= 4 is 48.7 Å². The van der Waals surface area contributed by atoms with E-state index in [0.717, 1.165) is 31.8 Å². The van der Waals surface area contributed by atoms with E-state index in [1.54, 1.807) is 29.7 Å². The zero-order valence-electron chi connectivity index (χ0n) is 22.8. The number of benzene rings is 2. The number of rotatable bonds is 6. The number of hydrogen-bond donors (Lipinski definition) is 1. The lowest BCUT2D eigenvalue weighted by molar-refractivity contribution is -0.159. The van der Waals surface area contributed by atoms with Gasteiger partial charge in [0.25, 0.3) is 0 Å². The van der Waals surface area contributed by atoms with Gasteiger partial charge in [-0.3, -0.25) is 4.98 Å². The SMILES string of the molecule is CC1(C)OCC(C)(c2ccnc(-c3cccc4cc(C(N[S@@+]([O-])C(C)(C)C)c5c(F)cccc5Br)sc34)c2)O1. The maximum Gasteiger partial charge on any atom is 0.164 e. The quantitative estimate of drug-likeness (QED) is 0.219. The number of aromatic nitrogens is 1. The van der Waals surface area contributed by atoms with Crippen LogP contribution in [0.5, 0.6) is 0 Å². The minimum Gasteiger partial charge on any atom is -0.598 e. The average molecular weight is 632 g/mol. The van der Waals surface area contributed by atoms with Gasteiger partial charge < -0.3 is 14.0 Å². The number of nitrogens with one attached hydrogen (secondary N) is 1. The van der Waals surface area contributed by atoms with Crippen LogP contribution in [0.4, 0.5) is 4.39 Å². The Morgan fingerprint density at radius 1 is 1.13 bits per heavy atom. The van der Waals surface area contributed by atoms with Gasteiger partial charge in [-0.25, -0.2) is 4.39 Å². The Hall–Kier alpha value is -1.85. The van der Waals surface area contributed by atoms with Crippen molar-refractivity contribution in [1.82, 2.24) is 9.71 Å². The molecule has 206 valence electrons. The van der Waals surface area contributed by atoms with Crippen molar-refractivity contribution < 1.29 is 18.4 Å². The Balaban J connectivity index is 1.60. The lowest BCUT2D eigenvalue weighted by Gasteiger charge is -2.28. The molecule has 0 bridgehead atoms. The molecule has 9 heteroatoms. The number of fused-ring (bicyclic) bond motifs is 1. The zero-order chi connectivity index (χ0) is 28.2. The van der Waals surface area contributed by atoms with Crippen molar-refractivity contribution in [2.24, 2.45) is 0 Å². The minimum atomic E-state index is -1.43. The maximum atomic E-state index is 15.2. The molecule has 1 saturated heterocycles. The first-order valence-corrected chi connectivity index (χ1v) is 15.5. The summed E-state index contributed by atoms with van der Waals surface area (Å²) in [5.74, 6) is -1.02. The predicted octanol–water partition coefficient (Wildman–Crippen LogP) is 8.00. The van der Waals surface area contributed by atoms with Crippen molar-refractivity contribution in [3.05, 3.63) is 87.1 Å². The molecule has 0 spiro atoms. The van der Waals surface area contributed by atoms with Crippen LogP contribution in [0.25, 0.3) is 21.3 Å². The second-order valence-electron chi connectivity index (χ2n) is 11.4. The topological polar surface area (TPSA) is 66.4 Å². The van der Waals surface area contributed by atoms with E-state index in [9.17, 15) is 4.55 Å². The molecular formula is C30H32BrFN2O3S2. The number of thiophene rings is 1. The van der Waals surface area contributed by atoms with Gasteiger partial charge in [0, 0.05) is 42.7 Å². The standard InChI is InChI=1S/C30H32BrFN2O3S2/c1-28(2,3)39(35)34-26(25-21(31)11-8-12-22(25)32)24-15-18-9-7-10-20(27(18)38-24)23-16-19(13-14-33-23)30(6)17-36-29(4,5)37-30/h7-16,26,34H,17H2,1-6H3/t26?,30?,39-/m0/s1. The zero-order valence-corrected chi connectivity index (χ0v) is 26.0. The molecule has 2 unspecified atom stereocenters. The van der Waals surface area contributed by atoms with Crippen LogP contribution in [0.3, 0.4) is 0 Å². The Bertz CT molecular complexity index is 1500. The summed E-state index contributed by atoms with van der Waals surface area (Å²) >= 11 is 3.64. The van der Waals surface area contributed by atoms with Gasteiger partial charge in [0.1, 0.15) is 22.2 Å². The molecule has 2 aromatic heterocycles. The molecule has 2 aromatic carbocycles. The monoisotopic (exact) mass is 630 g/mol. The van der Waals surface area contributed by atoms with Crippen LogP contribution in [-0.2, 0) is 26.4 Å². The van der Waals surface area contributed by atoms with Crippen LogP contribution >= 0.6 is 27.3 Å². The lowest BCUT2D eigenvalue weighted by Crippen LogP contribution is -2.41. The van der Waals surface area contributed by atoms with E-state index in [-0.39, 0.29) is 5.82 Å². The summed E-state index contributed by atoms with van der Waals surface area (Å²) in [4.78, 5) is 5.56. The van der Waals surface area contributed by atoms with Crippen LogP contribution in [-0.4, -0.2) is 26.7 Å². The van der Waals surface area contributed by atoms with Gasteiger partial charge in [0.05, 0.1) is 12.3 Å². The first kappa shape index (κ1) is 28.7. The molecule has 1 fully saturated rings. The van der Waals surface area contributed by atoms with Crippen LogP contribution in [0.1, 0.15) is 63.6 Å². The summed E-state index contributed by atoms with van der Waals surface area (Å²) in [6.45, 7) is 12.0. The summed E-state index contributed by atoms with van der Waals surface area (Å²) in [6, 6.07) is 16.4. The van der Waals surface area contributed by atoms with Gasteiger partial charge in [-0.2, -0.15) is 0 Å². The van der Waals surface area contributed by atoms with Crippen molar-refractivity contribution in [3.8, 4) is 11.3 Å². The lowest BCUT2D eigenvalue weighted by atomic mass is 9.96. The highest BCUT2D eigenvalue weighted by molar-refractivity contribution is 9.10. The second-order valence-corrected chi connectivity index (χ2v) is 15.3. The molecule has 4 aromatic rings. The Morgan fingerprint density at radius 3 is 2.54 bits per heavy atom. The van der Waals surface area contributed by atoms with E-state index in [1.807, 2.05) is 71.9 Å². The summed E-state index contributed by atoms with van der Waals surface area (Å²) in [7, 11) is 0. The van der Waals surface area contributed by atoms with E-state index in [2.05, 4.69) is 26.7 Å². The molecule has 0 radical (unpaired) electrons. The molecule has 0 amide bonds. The largest absolute Gasteiger partial charge is 0.598 e. The summed E-state index contributed by atoms with van der Waals surface area (Å²) in [5, 5.41) is 1.01. The highest BCUT2D eigenvalue weighted by Gasteiger charge is 2.43. The van der Waals surface area contributed by atoms with Gasteiger partial charge in [-0.05, 0) is 82.8 Å². The molecule has 1 aliphatic rings. The van der Waals surface area contributed by atoms with Crippen molar-refractivity contribution in [2.45, 2.75) is 63.7 Å². The maximum absolute atomic E-state index is 15.2. The smallest absolute Gasteiger partial charge is 0.164 e. The molecule has 0 aliphatic carbocycles. The fourth-order valence-corrected chi connectivity index (χ4v) is 7.42. The molecule has 3 heterocycles. The van der Waals surface area contributed by atoms with E-state index in [0.29, 0.717) is 16.6 Å².